The van der Waals surface area contributed by atoms with Gasteiger partial charge >= 0.3 is 0 Å². The molecule has 0 atom stereocenters. The minimum absolute atomic E-state index is 0.00499. The molecule has 0 spiro atoms. The number of rotatable bonds is 3. The van der Waals surface area contributed by atoms with Gasteiger partial charge in [0.05, 0.1) is 11.8 Å². The van der Waals surface area contributed by atoms with E-state index in [0.717, 1.165) is 0 Å². The van der Waals surface area contributed by atoms with E-state index in [0.29, 0.717) is 5.69 Å². The van der Waals surface area contributed by atoms with E-state index in [1.165, 1.54) is 30.5 Å². The number of carbonyl (C=O) groups is 2. The van der Waals surface area contributed by atoms with Gasteiger partial charge in [-0.3, -0.25) is 14.7 Å². The summed E-state index contributed by atoms with van der Waals surface area (Å²) in [5.41, 5.74) is 5.44. The summed E-state index contributed by atoms with van der Waals surface area (Å²) >= 11 is 0. The first-order valence-corrected chi connectivity index (χ1v) is 4.98. The van der Waals surface area contributed by atoms with Gasteiger partial charge in [0.25, 0.3) is 11.8 Å². The molecule has 0 aliphatic heterocycles. The van der Waals surface area contributed by atoms with E-state index in [4.69, 9.17) is 5.73 Å². The van der Waals surface area contributed by atoms with Gasteiger partial charge in [-0.25, -0.2) is 4.39 Å². The molecule has 0 unspecified atom stereocenters. The lowest BCUT2D eigenvalue weighted by atomic mass is 10.2. The molecule has 2 amide bonds. The Kier molecular flexibility index (Phi) is 3.05. The Bertz CT molecular complexity index is 591. The molecular formula is C11H9FN4O2. The number of aromatic nitrogens is 2. The van der Waals surface area contributed by atoms with Crippen molar-refractivity contribution in [2.75, 3.05) is 5.32 Å². The number of aromatic amines is 1. The maximum absolute atomic E-state index is 12.7. The van der Waals surface area contributed by atoms with Crippen LogP contribution in [-0.4, -0.2) is 22.0 Å². The Morgan fingerprint density at radius 3 is 2.56 bits per heavy atom. The zero-order valence-corrected chi connectivity index (χ0v) is 9.11. The molecular weight excluding hydrogens is 239 g/mol. The topological polar surface area (TPSA) is 101 Å². The van der Waals surface area contributed by atoms with Crippen LogP contribution in [0.2, 0.25) is 0 Å². The molecule has 4 N–H and O–H groups in total. The molecule has 0 bridgehead atoms. The highest BCUT2D eigenvalue weighted by atomic mass is 19.1. The van der Waals surface area contributed by atoms with Crippen molar-refractivity contribution in [1.29, 1.82) is 0 Å². The van der Waals surface area contributed by atoms with Gasteiger partial charge < -0.3 is 11.1 Å². The summed E-state index contributed by atoms with van der Waals surface area (Å²) in [4.78, 5) is 22.8. The van der Waals surface area contributed by atoms with Crippen LogP contribution in [0.25, 0.3) is 0 Å². The number of primary amides is 1. The zero-order valence-electron chi connectivity index (χ0n) is 9.11. The molecule has 0 fully saturated rings. The van der Waals surface area contributed by atoms with Crippen LogP contribution in [0.1, 0.15) is 20.8 Å². The van der Waals surface area contributed by atoms with E-state index in [2.05, 4.69) is 15.5 Å². The van der Waals surface area contributed by atoms with Gasteiger partial charge in [0.15, 0.2) is 0 Å². The van der Waals surface area contributed by atoms with Crippen molar-refractivity contribution in [1.82, 2.24) is 10.2 Å². The quantitative estimate of drug-likeness (QED) is 0.752. The Morgan fingerprint density at radius 1 is 1.28 bits per heavy atom. The lowest BCUT2D eigenvalue weighted by molar-refractivity contribution is 0.0975. The van der Waals surface area contributed by atoms with E-state index < -0.39 is 17.6 Å². The predicted molar refractivity (Wildman–Crippen MR) is 61.5 cm³/mol. The zero-order chi connectivity index (χ0) is 13.1. The number of nitrogens with two attached hydrogens (primary N) is 1. The molecule has 0 aliphatic carbocycles. The van der Waals surface area contributed by atoms with E-state index in [1.807, 2.05) is 0 Å². The molecule has 0 saturated heterocycles. The van der Waals surface area contributed by atoms with Gasteiger partial charge in [-0.2, -0.15) is 5.10 Å². The standard InChI is InChI=1S/C11H9FN4O2/c12-6-1-3-7(4-2-6)15-11(18)9-8(10(13)17)5-14-16-9/h1-5H,(H2,13,17)(H,14,16)(H,15,18). The minimum atomic E-state index is -0.756. The second kappa shape index (κ2) is 4.66. The number of anilines is 1. The van der Waals surface area contributed by atoms with Crippen LogP contribution < -0.4 is 11.1 Å². The van der Waals surface area contributed by atoms with Crippen molar-refractivity contribution in [2.45, 2.75) is 0 Å². The average molecular weight is 248 g/mol. The van der Waals surface area contributed by atoms with Crippen molar-refractivity contribution in [3.63, 3.8) is 0 Å². The summed E-state index contributed by atoms with van der Waals surface area (Å²) in [6, 6.07) is 5.20. The molecule has 7 heteroatoms. The Morgan fingerprint density at radius 2 is 1.94 bits per heavy atom. The highest BCUT2D eigenvalue weighted by Crippen LogP contribution is 2.11. The van der Waals surface area contributed by atoms with Gasteiger partial charge in [0, 0.05) is 5.69 Å². The van der Waals surface area contributed by atoms with Gasteiger partial charge in [-0.1, -0.05) is 0 Å². The van der Waals surface area contributed by atoms with Crippen molar-refractivity contribution in [2.24, 2.45) is 5.73 Å². The van der Waals surface area contributed by atoms with Crippen LogP contribution in [0.3, 0.4) is 0 Å². The number of hydrogen-bond acceptors (Lipinski definition) is 3. The third kappa shape index (κ3) is 2.34. The van der Waals surface area contributed by atoms with Gasteiger partial charge in [0.2, 0.25) is 0 Å². The van der Waals surface area contributed by atoms with Crippen LogP contribution in [0.4, 0.5) is 10.1 Å². The Labute approximate surface area is 101 Å². The first-order valence-electron chi connectivity index (χ1n) is 4.98. The van der Waals surface area contributed by atoms with Crippen LogP contribution in [0.5, 0.6) is 0 Å². The summed E-state index contributed by atoms with van der Waals surface area (Å²) in [7, 11) is 0. The maximum atomic E-state index is 12.7. The van der Waals surface area contributed by atoms with Crippen LogP contribution in [0.15, 0.2) is 30.5 Å². The first-order chi connectivity index (χ1) is 8.58. The lowest BCUT2D eigenvalue weighted by Crippen LogP contribution is -2.19. The van der Waals surface area contributed by atoms with Gasteiger partial charge in [0.1, 0.15) is 11.5 Å². The highest BCUT2D eigenvalue weighted by molar-refractivity contribution is 6.10. The summed E-state index contributed by atoms with van der Waals surface area (Å²) in [6.07, 6.45) is 1.17. The fraction of sp³-hybridized carbons (Fsp3) is 0. The lowest BCUT2D eigenvalue weighted by Gasteiger charge is -2.04. The molecule has 1 aromatic carbocycles. The average Bonchev–Trinajstić information content (AvgIpc) is 2.81. The SMILES string of the molecule is NC(=O)c1cn[nH]c1C(=O)Nc1ccc(F)cc1. The van der Waals surface area contributed by atoms with Crippen LogP contribution in [-0.2, 0) is 0 Å². The molecule has 1 heterocycles. The van der Waals surface area contributed by atoms with Gasteiger partial charge in [-0.15, -0.1) is 0 Å². The second-order valence-corrected chi connectivity index (χ2v) is 3.48. The summed E-state index contributed by atoms with van der Waals surface area (Å²) < 4.78 is 12.7. The predicted octanol–water partition coefficient (Wildman–Crippen LogP) is 0.900. The normalized spacial score (nSPS) is 10.1. The largest absolute Gasteiger partial charge is 0.365 e. The Hall–Kier alpha value is -2.70. The maximum Gasteiger partial charge on any atom is 0.274 e. The highest BCUT2D eigenvalue weighted by Gasteiger charge is 2.17. The fourth-order valence-corrected chi connectivity index (χ4v) is 1.37. The smallest absolute Gasteiger partial charge is 0.274 e. The molecule has 1 aromatic heterocycles. The second-order valence-electron chi connectivity index (χ2n) is 3.48. The van der Waals surface area contributed by atoms with Crippen molar-refractivity contribution in [3.8, 4) is 0 Å². The van der Waals surface area contributed by atoms with E-state index in [-0.39, 0.29) is 11.3 Å². The molecule has 2 aromatic rings. The number of amides is 2. The number of nitrogens with one attached hydrogen (secondary N) is 2. The number of carbonyl (C=O) groups excluding carboxylic acids is 2. The van der Waals surface area contributed by atoms with Gasteiger partial charge in [-0.05, 0) is 24.3 Å². The molecule has 6 nitrogen and oxygen atoms in total. The molecule has 18 heavy (non-hydrogen) atoms. The molecule has 0 radical (unpaired) electrons. The number of H-pyrrole nitrogens is 1. The first kappa shape index (κ1) is 11.8. The number of nitrogens with zero attached hydrogens (tertiary/aromatic N) is 1. The number of hydrogen-bond donors (Lipinski definition) is 3. The minimum Gasteiger partial charge on any atom is -0.365 e. The van der Waals surface area contributed by atoms with E-state index in [1.54, 1.807) is 0 Å². The fourth-order valence-electron chi connectivity index (χ4n) is 1.37. The summed E-state index contributed by atoms with van der Waals surface area (Å²) in [5, 5.41) is 8.44. The molecule has 92 valence electrons. The molecule has 0 saturated carbocycles. The summed E-state index contributed by atoms with van der Waals surface area (Å²) in [6.45, 7) is 0. The summed E-state index contributed by atoms with van der Waals surface area (Å²) in [5.74, 6) is -1.74. The third-order valence-corrected chi connectivity index (χ3v) is 2.23. The van der Waals surface area contributed by atoms with Crippen molar-refractivity contribution in [3.05, 3.63) is 47.5 Å². The third-order valence-electron chi connectivity index (χ3n) is 2.23. The number of halogens is 1. The van der Waals surface area contributed by atoms with E-state index >= 15 is 0 Å². The van der Waals surface area contributed by atoms with Crippen LogP contribution in [0, 0.1) is 5.82 Å². The van der Waals surface area contributed by atoms with Crippen molar-refractivity contribution >= 4 is 17.5 Å². The number of benzene rings is 1. The van der Waals surface area contributed by atoms with Crippen molar-refractivity contribution < 1.29 is 14.0 Å². The molecule has 2 rings (SSSR count). The monoisotopic (exact) mass is 248 g/mol. The molecule has 0 aliphatic rings. The van der Waals surface area contributed by atoms with Crippen LogP contribution >= 0.6 is 0 Å². The Balaban J connectivity index is 2.19. The van der Waals surface area contributed by atoms with E-state index in [9.17, 15) is 14.0 Å².